The van der Waals surface area contributed by atoms with Gasteiger partial charge in [-0.25, -0.2) is 4.98 Å². The highest BCUT2D eigenvalue weighted by atomic mass is 32.1. The maximum Gasteiger partial charge on any atom is 0.109 e. The van der Waals surface area contributed by atoms with E-state index in [9.17, 15) is 0 Å². The van der Waals surface area contributed by atoms with E-state index in [-0.39, 0.29) is 0 Å². The van der Waals surface area contributed by atoms with Crippen molar-refractivity contribution >= 4 is 11.3 Å². The van der Waals surface area contributed by atoms with Gasteiger partial charge in [-0.1, -0.05) is 13.3 Å². The standard InChI is InChI=1S/C13H23N3S/c1-3-5-13(6-4-7-16-13)10-15-11(2)12-14-8-9-17-12/h8-9,11,15-16H,3-7,10H2,1-2H3. The van der Waals surface area contributed by atoms with E-state index in [0.29, 0.717) is 11.6 Å². The molecule has 0 spiro atoms. The number of thiazole rings is 1. The first-order chi connectivity index (χ1) is 8.26. The largest absolute Gasteiger partial charge is 0.310 e. The van der Waals surface area contributed by atoms with Crippen LogP contribution in [0.15, 0.2) is 11.6 Å². The van der Waals surface area contributed by atoms with Crippen molar-refractivity contribution in [3.8, 4) is 0 Å². The van der Waals surface area contributed by atoms with Crippen LogP contribution in [0.3, 0.4) is 0 Å². The first kappa shape index (κ1) is 13.0. The minimum atomic E-state index is 0.334. The van der Waals surface area contributed by atoms with Gasteiger partial charge in [0.1, 0.15) is 5.01 Å². The van der Waals surface area contributed by atoms with E-state index in [4.69, 9.17) is 0 Å². The molecule has 1 aromatic rings. The van der Waals surface area contributed by atoms with Crippen LogP contribution in [0.25, 0.3) is 0 Å². The van der Waals surface area contributed by atoms with Gasteiger partial charge in [0.25, 0.3) is 0 Å². The van der Waals surface area contributed by atoms with E-state index < -0.39 is 0 Å². The molecule has 2 heterocycles. The third-order valence-electron chi connectivity index (χ3n) is 3.63. The number of hydrogen-bond donors (Lipinski definition) is 2. The summed E-state index contributed by atoms with van der Waals surface area (Å²) >= 11 is 1.73. The Hall–Kier alpha value is -0.450. The first-order valence-corrected chi connectivity index (χ1v) is 7.51. The van der Waals surface area contributed by atoms with E-state index in [1.54, 1.807) is 11.3 Å². The molecule has 1 aromatic heterocycles. The van der Waals surface area contributed by atoms with Crippen LogP contribution in [0.1, 0.15) is 50.6 Å². The molecule has 0 radical (unpaired) electrons. The summed E-state index contributed by atoms with van der Waals surface area (Å²) in [4.78, 5) is 4.37. The first-order valence-electron chi connectivity index (χ1n) is 6.63. The van der Waals surface area contributed by atoms with Gasteiger partial charge in [0.15, 0.2) is 0 Å². The lowest BCUT2D eigenvalue weighted by atomic mass is 9.91. The molecule has 1 saturated heterocycles. The number of hydrogen-bond acceptors (Lipinski definition) is 4. The normalized spacial score (nSPS) is 26.2. The van der Waals surface area contributed by atoms with Crippen molar-refractivity contribution in [2.24, 2.45) is 0 Å². The van der Waals surface area contributed by atoms with Crippen molar-refractivity contribution < 1.29 is 0 Å². The molecule has 0 amide bonds. The van der Waals surface area contributed by atoms with Gasteiger partial charge >= 0.3 is 0 Å². The summed E-state index contributed by atoms with van der Waals surface area (Å²) in [7, 11) is 0. The van der Waals surface area contributed by atoms with Gasteiger partial charge in [-0.15, -0.1) is 11.3 Å². The molecule has 0 aliphatic carbocycles. The van der Waals surface area contributed by atoms with E-state index in [0.717, 1.165) is 6.54 Å². The molecule has 2 N–H and O–H groups in total. The second kappa shape index (κ2) is 5.94. The quantitative estimate of drug-likeness (QED) is 0.818. The van der Waals surface area contributed by atoms with Crippen LogP contribution in [0.5, 0.6) is 0 Å². The highest BCUT2D eigenvalue weighted by Crippen LogP contribution is 2.25. The fourth-order valence-electron chi connectivity index (χ4n) is 2.68. The molecule has 4 heteroatoms. The summed E-state index contributed by atoms with van der Waals surface area (Å²) in [5.74, 6) is 0. The minimum Gasteiger partial charge on any atom is -0.310 e. The van der Waals surface area contributed by atoms with Crippen molar-refractivity contribution in [1.29, 1.82) is 0 Å². The number of aromatic nitrogens is 1. The highest BCUT2D eigenvalue weighted by molar-refractivity contribution is 7.09. The molecule has 0 aromatic carbocycles. The van der Waals surface area contributed by atoms with Crippen LogP contribution in [-0.2, 0) is 0 Å². The van der Waals surface area contributed by atoms with E-state index in [1.807, 2.05) is 11.6 Å². The molecule has 3 nitrogen and oxygen atoms in total. The van der Waals surface area contributed by atoms with E-state index in [2.05, 4.69) is 29.5 Å². The molecule has 0 saturated carbocycles. The Kier molecular flexibility index (Phi) is 4.54. The van der Waals surface area contributed by atoms with Crippen molar-refractivity contribution in [3.05, 3.63) is 16.6 Å². The van der Waals surface area contributed by atoms with Crippen molar-refractivity contribution in [3.63, 3.8) is 0 Å². The summed E-state index contributed by atoms with van der Waals surface area (Å²) in [6.07, 6.45) is 7.02. The van der Waals surface area contributed by atoms with E-state index in [1.165, 1.54) is 37.2 Å². The zero-order valence-corrected chi connectivity index (χ0v) is 11.6. The maximum atomic E-state index is 4.37. The zero-order valence-electron chi connectivity index (χ0n) is 10.8. The lowest BCUT2D eigenvalue weighted by molar-refractivity contribution is 0.313. The smallest absolute Gasteiger partial charge is 0.109 e. The molecular formula is C13H23N3S. The summed E-state index contributed by atoms with van der Waals surface area (Å²) < 4.78 is 0. The Labute approximate surface area is 108 Å². The third-order valence-corrected chi connectivity index (χ3v) is 4.59. The van der Waals surface area contributed by atoms with E-state index >= 15 is 0 Å². The lowest BCUT2D eigenvalue weighted by Gasteiger charge is -2.31. The van der Waals surface area contributed by atoms with Gasteiger partial charge in [-0.3, -0.25) is 0 Å². The molecule has 0 bridgehead atoms. The molecule has 96 valence electrons. The molecule has 2 atom stereocenters. The molecule has 1 aliphatic rings. The zero-order chi connectivity index (χ0) is 12.1. The Morgan fingerprint density at radius 1 is 1.65 bits per heavy atom. The fraction of sp³-hybridized carbons (Fsp3) is 0.769. The minimum absolute atomic E-state index is 0.334. The van der Waals surface area contributed by atoms with Crippen LogP contribution in [0, 0.1) is 0 Å². The average Bonchev–Trinajstić information content (AvgIpc) is 2.98. The topological polar surface area (TPSA) is 37.0 Å². The molecule has 1 fully saturated rings. The molecule has 17 heavy (non-hydrogen) atoms. The Bertz CT molecular complexity index is 317. The van der Waals surface area contributed by atoms with Crippen LogP contribution in [0.2, 0.25) is 0 Å². The van der Waals surface area contributed by atoms with Crippen LogP contribution in [-0.4, -0.2) is 23.6 Å². The van der Waals surface area contributed by atoms with Crippen LogP contribution < -0.4 is 10.6 Å². The number of rotatable bonds is 6. The SMILES string of the molecule is CCCC1(CNC(C)c2nccs2)CCCN1. The predicted octanol–water partition coefficient (Wildman–Crippen LogP) is 2.72. The Morgan fingerprint density at radius 2 is 2.53 bits per heavy atom. The second-order valence-electron chi connectivity index (χ2n) is 5.03. The average molecular weight is 253 g/mol. The van der Waals surface area contributed by atoms with Gasteiger partial charge in [-0.2, -0.15) is 0 Å². The van der Waals surface area contributed by atoms with Crippen molar-refractivity contribution in [2.75, 3.05) is 13.1 Å². The fourth-order valence-corrected chi connectivity index (χ4v) is 3.35. The lowest BCUT2D eigenvalue weighted by Crippen LogP contribution is -2.48. The maximum absolute atomic E-state index is 4.37. The predicted molar refractivity (Wildman–Crippen MR) is 73.4 cm³/mol. The van der Waals surface area contributed by atoms with Crippen molar-refractivity contribution in [2.45, 2.75) is 51.1 Å². The molecule has 2 unspecified atom stereocenters. The Balaban J connectivity index is 1.87. The summed E-state index contributed by atoms with van der Waals surface area (Å²) in [6, 6.07) is 0.367. The van der Waals surface area contributed by atoms with Crippen molar-refractivity contribution in [1.82, 2.24) is 15.6 Å². The van der Waals surface area contributed by atoms with Gasteiger partial charge in [0.2, 0.25) is 0 Å². The van der Waals surface area contributed by atoms with Gasteiger partial charge in [-0.05, 0) is 32.7 Å². The van der Waals surface area contributed by atoms with Gasteiger partial charge in [0, 0.05) is 23.7 Å². The molecule has 2 rings (SSSR count). The number of nitrogens with one attached hydrogen (secondary N) is 2. The van der Waals surface area contributed by atoms with Gasteiger partial charge < -0.3 is 10.6 Å². The summed E-state index contributed by atoms with van der Waals surface area (Å²) in [5, 5.41) is 10.6. The molecular weight excluding hydrogens is 230 g/mol. The monoisotopic (exact) mass is 253 g/mol. The van der Waals surface area contributed by atoms with Crippen LogP contribution in [0.4, 0.5) is 0 Å². The second-order valence-corrected chi connectivity index (χ2v) is 5.96. The third kappa shape index (κ3) is 3.27. The van der Waals surface area contributed by atoms with Crippen LogP contribution >= 0.6 is 11.3 Å². The highest BCUT2D eigenvalue weighted by Gasteiger charge is 2.32. The Morgan fingerprint density at radius 3 is 3.12 bits per heavy atom. The van der Waals surface area contributed by atoms with Gasteiger partial charge in [0.05, 0.1) is 6.04 Å². The molecule has 1 aliphatic heterocycles. The number of nitrogens with zero attached hydrogens (tertiary/aromatic N) is 1. The summed E-state index contributed by atoms with van der Waals surface area (Å²) in [6.45, 7) is 6.70. The summed E-state index contributed by atoms with van der Waals surface area (Å²) in [5.41, 5.74) is 0.334.